The molecule has 1 saturated carbocycles. The molecular formula is C14H21ClN2S. The minimum Gasteiger partial charge on any atom is -0.317 e. The molecule has 0 bridgehead atoms. The van der Waals surface area contributed by atoms with Gasteiger partial charge >= 0.3 is 0 Å². The lowest BCUT2D eigenvalue weighted by molar-refractivity contribution is 0.191. The number of hydrogen-bond donors (Lipinski definition) is 1. The fourth-order valence-corrected chi connectivity index (χ4v) is 3.91. The van der Waals surface area contributed by atoms with Gasteiger partial charge in [0.25, 0.3) is 0 Å². The van der Waals surface area contributed by atoms with E-state index in [-0.39, 0.29) is 0 Å². The van der Waals surface area contributed by atoms with E-state index in [2.05, 4.69) is 16.3 Å². The molecule has 4 heteroatoms. The van der Waals surface area contributed by atoms with E-state index in [9.17, 15) is 0 Å². The molecule has 0 unspecified atom stereocenters. The zero-order valence-electron chi connectivity index (χ0n) is 10.7. The first-order valence-corrected chi connectivity index (χ1v) is 8.25. The topological polar surface area (TPSA) is 15.3 Å². The van der Waals surface area contributed by atoms with Crippen molar-refractivity contribution in [3.63, 3.8) is 0 Å². The van der Waals surface area contributed by atoms with Gasteiger partial charge in [0.05, 0.1) is 5.02 Å². The zero-order valence-corrected chi connectivity index (χ0v) is 12.3. The molecule has 0 atom stereocenters. The van der Waals surface area contributed by atoms with Gasteiger partial charge in [-0.25, -0.2) is 0 Å². The van der Waals surface area contributed by atoms with Crippen molar-refractivity contribution in [2.45, 2.75) is 38.3 Å². The van der Waals surface area contributed by atoms with Crippen molar-refractivity contribution in [2.75, 3.05) is 19.6 Å². The maximum Gasteiger partial charge on any atom is 0.0516 e. The van der Waals surface area contributed by atoms with Gasteiger partial charge in [-0.3, -0.25) is 4.90 Å². The largest absolute Gasteiger partial charge is 0.317 e. The van der Waals surface area contributed by atoms with Crippen LogP contribution in [0.3, 0.4) is 0 Å². The summed E-state index contributed by atoms with van der Waals surface area (Å²) in [6, 6.07) is 2.98. The highest BCUT2D eigenvalue weighted by Crippen LogP contribution is 2.31. The fourth-order valence-electron chi connectivity index (χ4n) is 2.82. The number of thiophene rings is 1. The molecule has 3 rings (SSSR count). The molecule has 2 heterocycles. The fraction of sp³-hybridized carbons (Fsp3) is 0.714. The second-order valence-corrected chi connectivity index (χ2v) is 7.02. The number of rotatable bonds is 5. The standard InChI is InChI=1S/C14H21ClN2S/c15-12-7-14(18-10-12)9-17(13-1-2-13)8-11-3-5-16-6-4-11/h7,10-11,13,16H,1-6,8-9H2. The first-order chi connectivity index (χ1) is 8.81. The lowest BCUT2D eigenvalue weighted by Gasteiger charge is -2.29. The Morgan fingerprint density at radius 3 is 2.67 bits per heavy atom. The minimum atomic E-state index is 0.848. The van der Waals surface area contributed by atoms with E-state index in [0.717, 1.165) is 23.5 Å². The van der Waals surface area contributed by atoms with Gasteiger partial charge in [0, 0.05) is 29.4 Å². The molecule has 1 aliphatic heterocycles. The molecule has 0 spiro atoms. The van der Waals surface area contributed by atoms with Gasteiger partial charge in [0.2, 0.25) is 0 Å². The van der Waals surface area contributed by atoms with Gasteiger partial charge in [0.15, 0.2) is 0 Å². The molecule has 1 aromatic heterocycles. The summed E-state index contributed by atoms with van der Waals surface area (Å²) in [6.07, 6.45) is 5.47. The molecule has 0 aromatic carbocycles. The van der Waals surface area contributed by atoms with Crippen LogP contribution in [0.25, 0.3) is 0 Å². The summed E-state index contributed by atoms with van der Waals surface area (Å²) >= 11 is 7.81. The molecule has 18 heavy (non-hydrogen) atoms. The number of nitrogens with zero attached hydrogens (tertiary/aromatic N) is 1. The Labute approximate surface area is 118 Å². The highest BCUT2D eigenvalue weighted by atomic mass is 35.5. The Morgan fingerprint density at radius 1 is 1.28 bits per heavy atom. The van der Waals surface area contributed by atoms with Crippen LogP contribution in [-0.2, 0) is 6.54 Å². The second kappa shape index (κ2) is 5.91. The summed E-state index contributed by atoms with van der Waals surface area (Å²) < 4.78 is 0. The highest BCUT2D eigenvalue weighted by molar-refractivity contribution is 7.10. The van der Waals surface area contributed by atoms with Crippen LogP contribution in [-0.4, -0.2) is 30.6 Å². The SMILES string of the molecule is Clc1csc(CN(CC2CCNCC2)C2CC2)c1. The van der Waals surface area contributed by atoms with Crippen molar-refractivity contribution < 1.29 is 0 Å². The van der Waals surface area contributed by atoms with Gasteiger partial charge in [-0.2, -0.15) is 0 Å². The van der Waals surface area contributed by atoms with E-state index >= 15 is 0 Å². The van der Waals surface area contributed by atoms with Gasteiger partial charge < -0.3 is 5.32 Å². The van der Waals surface area contributed by atoms with Crippen LogP contribution >= 0.6 is 22.9 Å². The first kappa shape index (κ1) is 12.9. The molecule has 2 nitrogen and oxygen atoms in total. The Morgan fingerprint density at radius 2 is 2.06 bits per heavy atom. The Bertz CT molecular complexity index is 383. The number of nitrogens with one attached hydrogen (secondary N) is 1. The molecule has 100 valence electrons. The number of hydrogen-bond acceptors (Lipinski definition) is 3. The molecule has 1 aliphatic carbocycles. The molecule has 0 radical (unpaired) electrons. The third-order valence-electron chi connectivity index (χ3n) is 4.00. The minimum absolute atomic E-state index is 0.848. The predicted octanol–water partition coefficient (Wildman–Crippen LogP) is 3.37. The van der Waals surface area contributed by atoms with E-state index in [1.807, 2.05) is 5.38 Å². The van der Waals surface area contributed by atoms with Crippen molar-refractivity contribution in [3.05, 3.63) is 21.3 Å². The van der Waals surface area contributed by atoms with Crippen LogP contribution in [0.5, 0.6) is 0 Å². The van der Waals surface area contributed by atoms with E-state index < -0.39 is 0 Å². The first-order valence-electron chi connectivity index (χ1n) is 6.99. The van der Waals surface area contributed by atoms with Crippen LogP contribution in [0.4, 0.5) is 0 Å². The van der Waals surface area contributed by atoms with Crippen LogP contribution in [0, 0.1) is 5.92 Å². The van der Waals surface area contributed by atoms with E-state index in [0.29, 0.717) is 0 Å². The van der Waals surface area contributed by atoms with Gasteiger partial charge in [-0.1, -0.05) is 11.6 Å². The molecule has 1 aromatic rings. The molecular weight excluding hydrogens is 264 g/mol. The summed E-state index contributed by atoms with van der Waals surface area (Å²) in [7, 11) is 0. The summed E-state index contributed by atoms with van der Waals surface area (Å²) in [5.41, 5.74) is 0. The number of halogens is 1. The molecule has 2 aliphatic rings. The third kappa shape index (κ3) is 3.47. The van der Waals surface area contributed by atoms with Gasteiger partial charge in [-0.05, 0) is 50.8 Å². The van der Waals surface area contributed by atoms with E-state index in [1.54, 1.807) is 11.3 Å². The smallest absolute Gasteiger partial charge is 0.0516 e. The maximum atomic E-state index is 6.01. The van der Waals surface area contributed by atoms with Crippen molar-refractivity contribution >= 4 is 22.9 Å². The Balaban J connectivity index is 1.57. The molecule has 0 amide bonds. The number of piperidine rings is 1. The predicted molar refractivity (Wildman–Crippen MR) is 78.4 cm³/mol. The van der Waals surface area contributed by atoms with Crippen molar-refractivity contribution in [1.82, 2.24) is 10.2 Å². The monoisotopic (exact) mass is 284 g/mol. The molecule has 2 fully saturated rings. The lowest BCUT2D eigenvalue weighted by atomic mass is 9.97. The average molecular weight is 285 g/mol. The van der Waals surface area contributed by atoms with Crippen LogP contribution in [0.2, 0.25) is 5.02 Å². The highest BCUT2D eigenvalue weighted by Gasteiger charge is 2.31. The summed E-state index contributed by atoms with van der Waals surface area (Å²) in [6.45, 7) is 4.79. The van der Waals surface area contributed by atoms with Crippen LogP contribution in [0.15, 0.2) is 11.4 Å². The van der Waals surface area contributed by atoms with Crippen molar-refractivity contribution in [3.8, 4) is 0 Å². The summed E-state index contributed by atoms with van der Waals surface area (Å²) in [5, 5.41) is 6.40. The lowest BCUT2D eigenvalue weighted by Crippen LogP contribution is -2.36. The normalized spacial score (nSPS) is 21.7. The Hall–Kier alpha value is -0.0900. The molecule has 1 N–H and O–H groups in total. The van der Waals surface area contributed by atoms with Gasteiger partial charge in [-0.15, -0.1) is 11.3 Å². The molecule has 1 saturated heterocycles. The second-order valence-electron chi connectivity index (χ2n) is 5.59. The van der Waals surface area contributed by atoms with Crippen molar-refractivity contribution in [1.29, 1.82) is 0 Å². The third-order valence-corrected chi connectivity index (χ3v) is 5.26. The zero-order chi connectivity index (χ0) is 12.4. The van der Waals surface area contributed by atoms with Crippen LogP contribution in [0.1, 0.15) is 30.6 Å². The Kier molecular flexibility index (Phi) is 4.24. The average Bonchev–Trinajstić information content (AvgIpc) is 3.15. The van der Waals surface area contributed by atoms with E-state index in [1.165, 1.54) is 50.2 Å². The van der Waals surface area contributed by atoms with Gasteiger partial charge in [0.1, 0.15) is 0 Å². The summed E-state index contributed by atoms with van der Waals surface area (Å²) in [4.78, 5) is 4.11. The van der Waals surface area contributed by atoms with Crippen LogP contribution < -0.4 is 5.32 Å². The summed E-state index contributed by atoms with van der Waals surface area (Å²) in [5.74, 6) is 0.891. The van der Waals surface area contributed by atoms with Crippen molar-refractivity contribution in [2.24, 2.45) is 5.92 Å². The quantitative estimate of drug-likeness (QED) is 0.892. The maximum absolute atomic E-state index is 6.01. The van der Waals surface area contributed by atoms with E-state index in [4.69, 9.17) is 11.6 Å².